The van der Waals surface area contributed by atoms with Crippen molar-refractivity contribution in [2.75, 3.05) is 13.2 Å². The van der Waals surface area contributed by atoms with Crippen LogP contribution in [0.3, 0.4) is 0 Å². The van der Waals surface area contributed by atoms with Crippen molar-refractivity contribution in [2.45, 2.75) is 245 Å². The third-order valence-corrected chi connectivity index (χ3v) is 11.2. The maximum Gasteiger partial charge on any atom is 0.306 e. The second-order valence-corrected chi connectivity index (χ2v) is 17.7. The van der Waals surface area contributed by atoms with E-state index >= 15 is 0 Å². The average molecular weight is 929 g/mol. The highest BCUT2D eigenvalue weighted by atomic mass is 16.6. The average Bonchev–Trinajstić information content (AvgIpc) is 3.33. The Morgan fingerprint density at radius 3 is 1.01 bits per heavy atom. The molecule has 0 aromatic heterocycles. The lowest BCUT2D eigenvalue weighted by Crippen LogP contribution is -2.30. The second-order valence-electron chi connectivity index (χ2n) is 17.7. The van der Waals surface area contributed by atoms with E-state index in [0.29, 0.717) is 19.3 Å². The van der Waals surface area contributed by atoms with Crippen molar-refractivity contribution in [3.8, 4) is 0 Å². The van der Waals surface area contributed by atoms with E-state index in [2.05, 4.69) is 118 Å². The molecule has 0 N–H and O–H groups in total. The van der Waals surface area contributed by atoms with E-state index in [1.165, 1.54) is 89.9 Å². The van der Waals surface area contributed by atoms with Gasteiger partial charge in [0.25, 0.3) is 0 Å². The normalized spacial score (nSPS) is 12.9. The van der Waals surface area contributed by atoms with Crippen LogP contribution in [-0.4, -0.2) is 37.2 Å². The van der Waals surface area contributed by atoms with Crippen LogP contribution in [-0.2, 0) is 28.6 Å². The van der Waals surface area contributed by atoms with Gasteiger partial charge >= 0.3 is 17.9 Å². The lowest BCUT2D eigenvalue weighted by atomic mass is 10.1. The first-order valence-corrected chi connectivity index (χ1v) is 27.4. The highest BCUT2D eigenvalue weighted by molar-refractivity contribution is 5.71. The van der Waals surface area contributed by atoms with Crippen LogP contribution in [0.2, 0.25) is 0 Å². The summed E-state index contributed by atoms with van der Waals surface area (Å²) in [6.45, 7) is 6.40. The number of esters is 3. The van der Waals surface area contributed by atoms with Gasteiger partial charge in [0.2, 0.25) is 0 Å². The van der Waals surface area contributed by atoms with E-state index in [-0.39, 0.29) is 31.6 Å². The number of carbonyl (C=O) groups excluding carboxylic acids is 3. The molecule has 0 aromatic rings. The van der Waals surface area contributed by atoms with Crippen LogP contribution in [0.1, 0.15) is 239 Å². The molecule has 0 rings (SSSR count). The number of carbonyl (C=O) groups is 3. The Bertz CT molecular complexity index is 1390. The molecule has 380 valence electrons. The van der Waals surface area contributed by atoms with E-state index in [9.17, 15) is 14.4 Å². The first-order valence-electron chi connectivity index (χ1n) is 27.4. The molecular formula is C61H100O6. The van der Waals surface area contributed by atoms with Crippen molar-refractivity contribution in [1.29, 1.82) is 0 Å². The Morgan fingerprint density at radius 2 is 0.612 bits per heavy atom. The van der Waals surface area contributed by atoms with Gasteiger partial charge < -0.3 is 14.2 Å². The Balaban J connectivity index is 4.55. The van der Waals surface area contributed by atoms with Gasteiger partial charge in [-0.2, -0.15) is 0 Å². The number of rotatable bonds is 48. The molecule has 0 heterocycles. The summed E-state index contributed by atoms with van der Waals surface area (Å²) in [5.74, 6) is -1.02. The minimum absolute atomic E-state index is 0.116. The molecule has 0 spiro atoms. The van der Waals surface area contributed by atoms with Crippen LogP contribution in [0, 0.1) is 0 Å². The number of allylic oxidation sites excluding steroid dienone is 18. The van der Waals surface area contributed by atoms with Gasteiger partial charge in [-0.15, -0.1) is 0 Å². The molecule has 0 aliphatic carbocycles. The quantitative estimate of drug-likeness (QED) is 0.0262. The van der Waals surface area contributed by atoms with Gasteiger partial charge in [0, 0.05) is 19.3 Å². The van der Waals surface area contributed by atoms with Crippen LogP contribution in [0.4, 0.5) is 0 Å². The summed E-state index contributed by atoms with van der Waals surface area (Å²) < 4.78 is 16.7. The molecule has 0 saturated carbocycles. The minimum atomic E-state index is -0.828. The van der Waals surface area contributed by atoms with Gasteiger partial charge in [-0.05, 0) is 116 Å². The van der Waals surface area contributed by atoms with Gasteiger partial charge in [-0.25, -0.2) is 0 Å². The summed E-state index contributed by atoms with van der Waals surface area (Å²) in [6, 6.07) is 0. The lowest BCUT2D eigenvalue weighted by molar-refractivity contribution is -0.166. The standard InChI is InChI=1S/C61H100O6/c1-4-7-10-13-16-19-22-25-28-29-30-31-34-37-40-43-46-49-52-55-61(64)67-58(56-65-59(62)53-50-47-44-41-38-35-32-26-23-20-17-14-11-8-5-2)57-66-60(63)54-51-48-45-42-39-36-33-27-24-21-18-15-12-9-6-3/h7,10,16-17,19-21,24-26,28,30-32,37,40,46,49,58H,4-6,8-9,11-15,18,22-23,27,29,33-36,38-39,41-45,47-48,50-57H2,1-3H3/b10-7-,19-16-,20-17-,24-21-,28-25-,31-30-,32-26-,40-37-,49-46-/t58-/m1/s1. The first-order chi connectivity index (χ1) is 33.0. The molecule has 0 aliphatic heterocycles. The third-order valence-electron chi connectivity index (χ3n) is 11.2. The molecule has 0 amide bonds. The number of ether oxygens (including phenoxy) is 3. The predicted molar refractivity (Wildman–Crippen MR) is 288 cm³/mol. The number of unbranched alkanes of at least 4 members (excludes halogenated alkanes) is 19. The summed E-state index contributed by atoms with van der Waals surface area (Å²) in [4.78, 5) is 38.1. The van der Waals surface area contributed by atoms with Crippen LogP contribution in [0.5, 0.6) is 0 Å². The zero-order valence-corrected chi connectivity index (χ0v) is 43.4. The van der Waals surface area contributed by atoms with Crippen molar-refractivity contribution in [1.82, 2.24) is 0 Å². The molecule has 0 aliphatic rings. The topological polar surface area (TPSA) is 78.9 Å². The Hall–Kier alpha value is -3.93. The van der Waals surface area contributed by atoms with E-state index in [4.69, 9.17) is 14.2 Å². The minimum Gasteiger partial charge on any atom is -0.462 e. The van der Waals surface area contributed by atoms with Crippen LogP contribution in [0.25, 0.3) is 0 Å². The van der Waals surface area contributed by atoms with E-state index < -0.39 is 12.1 Å². The molecule has 6 nitrogen and oxygen atoms in total. The van der Waals surface area contributed by atoms with Gasteiger partial charge in [0.1, 0.15) is 13.2 Å². The zero-order chi connectivity index (χ0) is 48.6. The van der Waals surface area contributed by atoms with E-state index in [0.717, 1.165) is 103 Å². The van der Waals surface area contributed by atoms with E-state index in [1.54, 1.807) is 0 Å². The Morgan fingerprint density at radius 1 is 0.313 bits per heavy atom. The Labute approximate surface area is 412 Å². The fourth-order valence-electron chi connectivity index (χ4n) is 7.14. The SMILES string of the molecule is CC/C=C\C/C=C\C/C=C\C/C=C\C/C=C\C/C=C\CCC(=O)O[C@H](COC(=O)CCCCCCC/C=C\C/C=C\CCCCC)COC(=O)CCCCCCCCC/C=C\CCCCCC. The van der Waals surface area contributed by atoms with Gasteiger partial charge in [0.05, 0.1) is 0 Å². The summed E-state index contributed by atoms with van der Waals surface area (Å²) in [5, 5.41) is 0. The summed E-state index contributed by atoms with van der Waals surface area (Å²) in [7, 11) is 0. The molecule has 6 heteroatoms. The first kappa shape index (κ1) is 63.1. The maximum atomic E-state index is 12.8. The molecule has 0 fully saturated rings. The zero-order valence-electron chi connectivity index (χ0n) is 43.4. The highest BCUT2D eigenvalue weighted by Crippen LogP contribution is 2.13. The molecule has 0 saturated heterocycles. The summed E-state index contributed by atoms with van der Waals surface area (Å²) in [5.41, 5.74) is 0. The third kappa shape index (κ3) is 52.9. The predicted octanol–water partition coefficient (Wildman–Crippen LogP) is 18.3. The van der Waals surface area contributed by atoms with Crippen molar-refractivity contribution in [3.05, 3.63) is 109 Å². The van der Waals surface area contributed by atoms with Crippen LogP contribution in [0.15, 0.2) is 109 Å². The summed E-state index contributed by atoms with van der Waals surface area (Å²) in [6.07, 6.45) is 73.7. The molecular weight excluding hydrogens is 829 g/mol. The molecule has 67 heavy (non-hydrogen) atoms. The number of hydrogen-bond donors (Lipinski definition) is 0. The van der Waals surface area contributed by atoms with Gasteiger partial charge in [0.15, 0.2) is 6.10 Å². The fraction of sp³-hybridized carbons (Fsp3) is 0.656. The molecule has 0 unspecified atom stereocenters. The lowest BCUT2D eigenvalue weighted by Gasteiger charge is -2.18. The Kier molecular flexibility index (Phi) is 51.5. The fourth-order valence-corrected chi connectivity index (χ4v) is 7.14. The molecule has 1 atom stereocenters. The smallest absolute Gasteiger partial charge is 0.306 e. The monoisotopic (exact) mass is 929 g/mol. The van der Waals surface area contributed by atoms with E-state index in [1.807, 2.05) is 12.2 Å². The number of hydrogen-bond acceptors (Lipinski definition) is 6. The van der Waals surface area contributed by atoms with Crippen molar-refractivity contribution in [3.63, 3.8) is 0 Å². The van der Waals surface area contributed by atoms with Crippen LogP contribution >= 0.6 is 0 Å². The maximum absolute atomic E-state index is 12.8. The molecule has 0 radical (unpaired) electrons. The summed E-state index contributed by atoms with van der Waals surface area (Å²) >= 11 is 0. The van der Waals surface area contributed by atoms with Crippen molar-refractivity contribution in [2.24, 2.45) is 0 Å². The molecule has 0 bridgehead atoms. The van der Waals surface area contributed by atoms with Gasteiger partial charge in [-0.1, -0.05) is 214 Å². The van der Waals surface area contributed by atoms with Gasteiger partial charge in [-0.3, -0.25) is 14.4 Å². The second kappa shape index (κ2) is 54.7. The highest BCUT2D eigenvalue weighted by Gasteiger charge is 2.19. The van der Waals surface area contributed by atoms with Crippen molar-refractivity contribution < 1.29 is 28.6 Å². The largest absolute Gasteiger partial charge is 0.462 e. The van der Waals surface area contributed by atoms with Crippen molar-refractivity contribution >= 4 is 17.9 Å². The van der Waals surface area contributed by atoms with Crippen LogP contribution < -0.4 is 0 Å². The molecule has 0 aromatic carbocycles.